The number of aromatic nitrogens is 1. The lowest BCUT2D eigenvalue weighted by Gasteiger charge is -2.26. The molecule has 2 heterocycles. The molecule has 0 bridgehead atoms. The van der Waals surface area contributed by atoms with Crippen LogP contribution in [0.5, 0.6) is 0 Å². The van der Waals surface area contributed by atoms with Crippen LogP contribution in [-0.2, 0) is 0 Å². The van der Waals surface area contributed by atoms with Crippen LogP contribution in [0.3, 0.4) is 0 Å². The molecule has 9 aromatic rings. The second-order valence-electron chi connectivity index (χ2n) is 11.6. The van der Waals surface area contributed by atoms with Crippen molar-refractivity contribution in [1.29, 1.82) is 0 Å². The Balaban J connectivity index is 1.04. The first kappa shape index (κ1) is 27.7. The highest BCUT2D eigenvalue weighted by Crippen LogP contribution is 2.41. The van der Waals surface area contributed by atoms with Crippen LogP contribution in [0, 0.1) is 0 Å². The van der Waals surface area contributed by atoms with Crippen molar-refractivity contribution >= 4 is 70.1 Å². The van der Waals surface area contributed by atoms with Gasteiger partial charge in [-0.2, -0.15) is 0 Å². The lowest BCUT2D eigenvalue weighted by molar-refractivity contribution is 1.28. The summed E-state index contributed by atoms with van der Waals surface area (Å²) in [6.07, 6.45) is 0. The van der Waals surface area contributed by atoms with E-state index in [0.29, 0.717) is 0 Å². The molecule has 0 unspecified atom stereocenters. The fourth-order valence-electron chi connectivity index (χ4n) is 6.34. The first-order valence-electron chi connectivity index (χ1n) is 15.7. The number of nitrogens with zero attached hydrogens (tertiary/aromatic N) is 2. The van der Waals surface area contributed by atoms with Crippen LogP contribution in [-0.4, -0.2) is 4.98 Å². The van der Waals surface area contributed by atoms with Gasteiger partial charge in [0.15, 0.2) is 0 Å². The van der Waals surface area contributed by atoms with Crippen molar-refractivity contribution in [3.05, 3.63) is 170 Å². The Morgan fingerprint density at radius 2 is 0.872 bits per heavy atom. The minimum Gasteiger partial charge on any atom is -0.311 e. The maximum atomic E-state index is 4.97. The Hall–Kier alpha value is -5.55. The molecule has 222 valence electrons. The van der Waals surface area contributed by atoms with Gasteiger partial charge in [-0.05, 0) is 76.9 Å². The van der Waals surface area contributed by atoms with Gasteiger partial charge in [0.1, 0.15) is 5.01 Å². The molecule has 0 saturated heterocycles. The van der Waals surface area contributed by atoms with E-state index in [2.05, 4.69) is 169 Å². The van der Waals surface area contributed by atoms with Crippen LogP contribution in [0.25, 0.3) is 63.2 Å². The van der Waals surface area contributed by atoms with E-state index in [0.717, 1.165) is 27.6 Å². The lowest BCUT2D eigenvalue weighted by Crippen LogP contribution is -2.09. The van der Waals surface area contributed by atoms with Crippen LogP contribution in [0.2, 0.25) is 0 Å². The minimum absolute atomic E-state index is 1.07. The summed E-state index contributed by atoms with van der Waals surface area (Å²) >= 11 is 3.62. The van der Waals surface area contributed by atoms with Crippen molar-refractivity contribution in [3.63, 3.8) is 0 Å². The van der Waals surface area contributed by atoms with E-state index in [1.807, 2.05) is 17.4 Å². The smallest absolute Gasteiger partial charge is 0.124 e. The molecule has 0 fully saturated rings. The molecule has 2 nitrogen and oxygen atoms in total. The molecule has 4 heteroatoms. The number of anilines is 3. The number of rotatable bonds is 6. The molecule has 7 aromatic carbocycles. The summed E-state index contributed by atoms with van der Waals surface area (Å²) in [7, 11) is 0. The molecule has 2 aromatic heterocycles. The second kappa shape index (κ2) is 11.7. The second-order valence-corrected chi connectivity index (χ2v) is 13.8. The van der Waals surface area contributed by atoms with Gasteiger partial charge in [0.25, 0.3) is 0 Å². The van der Waals surface area contributed by atoms with Crippen molar-refractivity contribution in [2.24, 2.45) is 0 Å². The molecule has 47 heavy (non-hydrogen) atoms. The molecule has 0 aliphatic carbocycles. The lowest BCUT2D eigenvalue weighted by atomic mass is 10.0. The highest BCUT2D eigenvalue weighted by Gasteiger charge is 2.15. The van der Waals surface area contributed by atoms with E-state index in [1.54, 1.807) is 11.3 Å². The molecule has 0 N–H and O–H groups in total. The highest BCUT2D eigenvalue weighted by molar-refractivity contribution is 7.26. The zero-order valence-corrected chi connectivity index (χ0v) is 27.0. The van der Waals surface area contributed by atoms with E-state index in [1.165, 1.54) is 52.7 Å². The summed E-state index contributed by atoms with van der Waals surface area (Å²) in [6, 6.07) is 60.8. The number of hydrogen-bond donors (Lipinski definition) is 0. The van der Waals surface area contributed by atoms with Crippen molar-refractivity contribution in [1.82, 2.24) is 4.98 Å². The van der Waals surface area contributed by atoms with E-state index < -0.39 is 0 Å². The quantitative estimate of drug-likeness (QED) is 0.181. The zero-order chi connectivity index (χ0) is 31.2. The Kier molecular flexibility index (Phi) is 6.89. The summed E-state index contributed by atoms with van der Waals surface area (Å²) < 4.78 is 3.81. The molecule has 0 aliphatic rings. The number of benzene rings is 7. The molecule has 0 aliphatic heterocycles. The van der Waals surface area contributed by atoms with Gasteiger partial charge in [0.2, 0.25) is 0 Å². The molecule has 9 rings (SSSR count). The van der Waals surface area contributed by atoms with E-state index in [9.17, 15) is 0 Å². The first-order valence-corrected chi connectivity index (χ1v) is 17.3. The van der Waals surface area contributed by atoms with Crippen molar-refractivity contribution < 1.29 is 0 Å². The molecule has 0 saturated carbocycles. The molecular formula is C43H28N2S2. The SMILES string of the molecule is c1ccc(-c2ccc(N(c3ccccc3)c3ccc(-c4ccc5c(c4)sc4cc6nc(-c7ccccc7)sc6cc45)cc3)cc2)cc1. The largest absolute Gasteiger partial charge is 0.311 e. The Morgan fingerprint density at radius 1 is 0.362 bits per heavy atom. The van der Waals surface area contributed by atoms with Crippen molar-refractivity contribution in [2.75, 3.05) is 4.90 Å². The number of thiazole rings is 1. The number of fused-ring (bicyclic) bond motifs is 4. The van der Waals surface area contributed by atoms with Gasteiger partial charge in [-0.1, -0.05) is 115 Å². The third-order valence-electron chi connectivity index (χ3n) is 8.71. The van der Waals surface area contributed by atoms with Gasteiger partial charge in [0.05, 0.1) is 10.2 Å². The van der Waals surface area contributed by atoms with Crippen LogP contribution in [0.1, 0.15) is 0 Å². The fraction of sp³-hybridized carbons (Fsp3) is 0. The minimum atomic E-state index is 1.07. The molecular weight excluding hydrogens is 609 g/mol. The first-order chi connectivity index (χ1) is 23.3. The Labute approximate surface area is 281 Å². The molecule has 0 amide bonds. The summed E-state index contributed by atoms with van der Waals surface area (Å²) in [6.45, 7) is 0. The summed E-state index contributed by atoms with van der Waals surface area (Å²) in [5.74, 6) is 0. The summed E-state index contributed by atoms with van der Waals surface area (Å²) in [5.41, 5.74) is 10.5. The van der Waals surface area contributed by atoms with Gasteiger partial charge in [-0.15, -0.1) is 22.7 Å². The number of hydrogen-bond acceptors (Lipinski definition) is 4. The van der Waals surface area contributed by atoms with E-state index in [4.69, 9.17) is 4.98 Å². The van der Waals surface area contributed by atoms with Crippen molar-refractivity contribution in [2.45, 2.75) is 0 Å². The highest BCUT2D eigenvalue weighted by atomic mass is 32.1. The number of para-hydroxylation sites is 1. The number of thiophene rings is 1. The average molecular weight is 637 g/mol. The van der Waals surface area contributed by atoms with E-state index in [-0.39, 0.29) is 0 Å². The van der Waals surface area contributed by atoms with Crippen molar-refractivity contribution in [3.8, 4) is 32.8 Å². The monoisotopic (exact) mass is 636 g/mol. The molecule has 0 spiro atoms. The fourth-order valence-corrected chi connectivity index (χ4v) is 8.49. The zero-order valence-electron chi connectivity index (χ0n) is 25.4. The normalized spacial score (nSPS) is 11.4. The van der Waals surface area contributed by atoms with Gasteiger partial charge in [-0.25, -0.2) is 4.98 Å². The maximum Gasteiger partial charge on any atom is 0.124 e. The maximum absolute atomic E-state index is 4.97. The third kappa shape index (κ3) is 5.18. The predicted octanol–water partition coefficient (Wildman–Crippen LogP) is 13.1. The predicted molar refractivity (Wildman–Crippen MR) is 203 cm³/mol. The Bertz CT molecular complexity index is 2480. The molecule has 0 radical (unpaired) electrons. The summed E-state index contributed by atoms with van der Waals surface area (Å²) in [5, 5.41) is 3.68. The summed E-state index contributed by atoms with van der Waals surface area (Å²) in [4.78, 5) is 7.29. The average Bonchev–Trinajstić information content (AvgIpc) is 3.72. The van der Waals surface area contributed by atoms with Crippen LogP contribution in [0.15, 0.2) is 170 Å². The van der Waals surface area contributed by atoms with Gasteiger partial charge in [0, 0.05) is 42.8 Å². The van der Waals surface area contributed by atoms with Crippen LogP contribution < -0.4 is 4.90 Å². The van der Waals surface area contributed by atoms with Gasteiger partial charge in [-0.3, -0.25) is 0 Å². The van der Waals surface area contributed by atoms with E-state index >= 15 is 0 Å². The standard InChI is InChI=1S/C43H28N2S2/c1-4-10-29(11-5-1)30-16-21-35(22-17-30)45(34-14-8-3-9-15-34)36-23-18-31(19-24-36)33-20-25-37-38-27-42-39(28-41(38)46-40(37)26-33)44-43(47-42)32-12-6-2-7-13-32/h1-28H. The third-order valence-corrected chi connectivity index (χ3v) is 10.9. The van der Waals surface area contributed by atoms with Crippen LogP contribution >= 0.6 is 22.7 Å². The molecule has 0 atom stereocenters. The van der Waals surface area contributed by atoms with Crippen LogP contribution in [0.4, 0.5) is 17.1 Å². The van der Waals surface area contributed by atoms with Gasteiger partial charge < -0.3 is 4.90 Å². The topological polar surface area (TPSA) is 16.1 Å². The Morgan fingerprint density at radius 3 is 1.53 bits per heavy atom. The van der Waals surface area contributed by atoms with Gasteiger partial charge >= 0.3 is 0 Å².